The number of ether oxygens (including phenoxy) is 2. The summed E-state index contributed by atoms with van der Waals surface area (Å²) in [6, 6.07) is 9.19. The van der Waals surface area contributed by atoms with E-state index in [1.165, 1.54) is 12.0 Å². The molecule has 1 aliphatic carbocycles. The fourth-order valence-electron chi connectivity index (χ4n) is 3.94. The van der Waals surface area contributed by atoms with Gasteiger partial charge in [-0.1, -0.05) is 26.0 Å². The first kappa shape index (κ1) is 13.9. The zero-order chi connectivity index (χ0) is 14.3. The van der Waals surface area contributed by atoms with Crippen molar-refractivity contribution in [2.75, 3.05) is 13.7 Å². The number of hydrogen-bond acceptors (Lipinski definition) is 3. The van der Waals surface area contributed by atoms with Crippen molar-refractivity contribution in [3.63, 3.8) is 0 Å². The lowest BCUT2D eigenvalue weighted by Crippen LogP contribution is -2.66. The van der Waals surface area contributed by atoms with E-state index in [1.54, 1.807) is 7.11 Å². The van der Waals surface area contributed by atoms with E-state index in [0.717, 1.165) is 12.4 Å². The van der Waals surface area contributed by atoms with Crippen LogP contribution in [-0.4, -0.2) is 25.9 Å². The van der Waals surface area contributed by atoms with Crippen molar-refractivity contribution in [2.24, 2.45) is 11.3 Å². The van der Waals surface area contributed by atoms with Gasteiger partial charge in [0.2, 0.25) is 0 Å². The average Bonchev–Trinajstić information content (AvgIpc) is 2.91. The second-order valence-corrected chi connectivity index (χ2v) is 6.71. The Morgan fingerprint density at radius 2 is 2.20 bits per heavy atom. The number of rotatable bonds is 4. The van der Waals surface area contributed by atoms with Crippen molar-refractivity contribution in [1.29, 1.82) is 0 Å². The molecule has 1 aromatic carbocycles. The summed E-state index contributed by atoms with van der Waals surface area (Å²) in [5.74, 6) is 1.60. The van der Waals surface area contributed by atoms with Gasteiger partial charge in [-0.2, -0.15) is 0 Å². The van der Waals surface area contributed by atoms with Crippen LogP contribution in [0.25, 0.3) is 0 Å². The molecule has 1 aliphatic heterocycles. The molecule has 3 nitrogen and oxygen atoms in total. The molecule has 0 radical (unpaired) electrons. The maximum atomic E-state index is 5.86. The van der Waals surface area contributed by atoms with E-state index in [9.17, 15) is 0 Å². The lowest BCUT2D eigenvalue weighted by atomic mass is 9.57. The molecule has 20 heavy (non-hydrogen) atoms. The Hall–Kier alpha value is -1.06. The summed E-state index contributed by atoms with van der Waals surface area (Å²) < 4.78 is 11.2. The van der Waals surface area contributed by atoms with E-state index in [1.807, 2.05) is 6.07 Å². The highest BCUT2D eigenvalue weighted by molar-refractivity contribution is 5.30. The zero-order valence-corrected chi connectivity index (χ0v) is 12.8. The second kappa shape index (κ2) is 5.05. The Labute approximate surface area is 121 Å². The zero-order valence-electron chi connectivity index (χ0n) is 12.8. The highest BCUT2D eigenvalue weighted by Gasteiger charge is 2.59. The minimum Gasteiger partial charge on any atom is -0.497 e. The van der Waals surface area contributed by atoms with Gasteiger partial charge >= 0.3 is 0 Å². The lowest BCUT2D eigenvalue weighted by molar-refractivity contribution is -0.115. The number of benzene rings is 1. The first-order valence-electron chi connectivity index (χ1n) is 7.55. The highest BCUT2D eigenvalue weighted by atomic mass is 16.5. The van der Waals surface area contributed by atoms with Crippen molar-refractivity contribution in [3.8, 4) is 5.75 Å². The van der Waals surface area contributed by atoms with Gasteiger partial charge in [-0.05, 0) is 31.0 Å². The van der Waals surface area contributed by atoms with E-state index in [2.05, 4.69) is 44.3 Å². The van der Waals surface area contributed by atoms with Crippen LogP contribution in [0.5, 0.6) is 5.75 Å². The highest BCUT2D eigenvalue weighted by Crippen LogP contribution is 2.52. The molecule has 0 amide bonds. The number of fused-ring (bicyclic) bond motifs is 1. The predicted octanol–water partition coefficient (Wildman–Crippen LogP) is 3.16. The minimum absolute atomic E-state index is 0.230. The molecule has 4 atom stereocenters. The van der Waals surface area contributed by atoms with Crippen LogP contribution in [0.1, 0.15) is 38.8 Å². The summed E-state index contributed by atoms with van der Waals surface area (Å²) >= 11 is 0. The third kappa shape index (κ3) is 2.13. The Morgan fingerprint density at radius 1 is 1.40 bits per heavy atom. The molecule has 1 saturated carbocycles. The second-order valence-electron chi connectivity index (χ2n) is 6.71. The molecule has 3 unspecified atom stereocenters. The third-order valence-electron chi connectivity index (χ3n) is 5.12. The minimum atomic E-state index is 0.230. The first-order valence-corrected chi connectivity index (χ1v) is 7.55. The molecule has 1 aromatic rings. The van der Waals surface area contributed by atoms with Crippen molar-refractivity contribution < 1.29 is 9.47 Å². The summed E-state index contributed by atoms with van der Waals surface area (Å²) in [6.07, 6.45) is 1.63. The molecule has 1 heterocycles. The average molecular weight is 275 g/mol. The number of nitrogens with one attached hydrogen (secondary N) is 1. The smallest absolute Gasteiger partial charge is 0.119 e. The molecule has 0 aromatic heterocycles. The summed E-state index contributed by atoms with van der Waals surface area (Å²) in [5.41, 5.74) is 1.51. The summed E-state index contributed by atoms with van der Waals surface area (Å²) in [7, 11) is 1.71. The first-order chi connectivity index (χ1) is 9.54. The quantitative estimate of drug-likeness (QED) is 0.915. The van der Waals surface area contributed by atoms with Gasteiger partial charge < -0.3 is 14.8 Å². The lowest BCUT2D eigenvalue weighted by Gasteiger charge is -2.55. The molecule has 3 heteroatoms. The van der Waals surface area contributed by atoms with Gasteiger partial charge in [0, 0.05) is 30.0 Å². The van der Waals surface area contributed by atoms with Crippen LogP contribution in [0.4, 0.5) is 0 Å². The van der Waals surface area contributed by atoms with Crippen LogP contribution in [0.2, 0.25) is 0 Å². The molecule has 110 valence electrons. The summed E-state index contributed by atoms with van der Waals surface area (Å²) in [4.78, 5) is 0. The van der Waals surface area contributed by atoms with E-state index in [0.29, 0.717) is 24.1 Å². The maximum absolute atomic E-state index is 5.86. The van der Waals surface area contributed by atoms with E-state index >= 15 is 0 Å². The largest absolute Gasteiger partial charge is 0.497 e. The van der Waals surface area contributed by atoms with E-state index in [-0.39, 0.29) is 5.41 Å². The van der Waals surface area contributed by atoms with Crippen molar-refractivity contribution >= 4 is 0 Å². The van der Waals surface area contributed by atoms with Crippen molar-refractivity contribution in [3.05, 3.63) is 29.8 Å². The molecule has 0 bridgehead atoms. The van der Waals surface area contributed by atoms with Crippen LogP contribution in [0.15, 0.2) is 24.3 Å². The van der Waals surface area contributed by atoms with Crippen LogP contribution in [-0.2, 0) is 4.74 Å². The van der Waals surface area contributed by atoms with Gasteiger partial charge in [0.05, 0.1) is 13.2 Å². The SMILES string of the molecule is COc1cccc([C@H](C)NC2C3CCOC3C2(C)C)c1. The fourth-order valence-corrected chi connectivity index (χ4v) is 3.94. The molecule has 1 saturated heterocycles. The predicted molar refractivity (Wildman–Crippen MR) is 80.0 cm³/mol. The molecular formula is C17H25NO2. The summed E-state index contributed by atoms with van der Waals surface area (Å²) in [5, 5.41) is 3.81. The van der Waals surface area contributed by atoms with Gasteiger partial charge in [0.25, 0.3) is 0 Å². The number of methoxy groups -OCH3 is 1. The van der Waals surface area contributed by atoms with Crippen molar-refractivity contribution in [2.45, 2.75) is 45.4 Å². The van der Waals surface area contributed by atoms with Crippen LogP contribution >= 0.6 is 0 Å². The Kier molecular flexibility index (Phi) is 3.51. The van der Waals surface area contributed by atoms with Crippen LogP contribution in [0, 0.1) is 11.3 Å². The van der Waals surface area contributed by atoms with E-state index in [4.69, 9.17) is 9.47 Å². The van der Waals surface area contributed by atoms with Gasteiger partial charge in [-0.3, -0.25) is 0 Å². The molecular weight excluding hydrogens is 250 g/mol. The fraction of sp³-hybridized carbons (Fsp3) is 0.647. The molecule has 3 rings (SSSR count). The molecule has 1 N–H and O–H groups in total. The topological polar surface area (TPSA) is 30.5 Å². The Morgan fingerprint density at radius 3 is 2.95 bits per heavy atom. The normalized spacial score (nSPS) is 32.3. The molecule has 0 spiro atoms. The van der Waals surface area contributed by atoms with Gasteiger partial charge in [-0.25, -0.2) is 0 Å². The summed E-state index contributed by atoms with van der Waals surface area (Å²) in [6.45, 7) is 7.78. The monoisotopic (exact) mass is 275 g/mol. The Balaban J connectivity index is 1.71. The van der Waals surface area contributed by atoms with Gasteiger partial charge in [0.1, 0.15) is 5.75 Å². The van der Waals surface area contributed by atoms with Gasteiger partial charge in [-0.15, -0.1) is 0 Å². The standard InChI is InChI=1S/C17H25NO2/c1-11(12-6-5-7-13(10-12)19-4)18-15-14-8-9-20-16(14)17(15,2)3/h5-7,10-11,14-16,18H,8-9H2,1-4H3/t11-,14?,15?,16?/m0/s1. The van der Waals surface area contributed by atoms with E-state index < -0.39 is 0 Å². The Bertz CT molecular complexity index is 486. The maximum Gasteiger partial charge on any atom is 0.119 e. The van der Waals surface area contributed by atoms with Crippen LogP contribution in [0.3, 0.4) is 0 Å². The third-order valence-corrected chi connectivity index (χ3v) is 5.12. The van der Waals surface area contributed by atoms with Crippen molar-refractivity contribution in [1.82, 2.24) is 5.32 Å². The molecule has 2 fully saturated rings. The van der Waals surface area contributed by atoms with Gasteiger partial charge in [0.15, 0.2) is 0 Å². The number of hydrogen-bond donors (Lipinski definition) is 1. The molecule has 2 aliphatic rings. The van der Waals surface area contributed by atoms with Crippen LogP contribution < -0.4 is 10.1 Å².